The van der Waals surface area contributed by atoms with Crippen molar-refractivity contribution < 1.29 is 4.52 Å². The van der Waals surface area contributed by atoms with Crippen LogP contribution in [0, 0.1) is 0 Å². The molecule has 0 N–H and O–H groups in total. The van der Waals surface area contributed by atoms with E-state index in [-0.39, 0.29) is 5.41 Å². The standard InChI is InChI=1S/C18H24N2O/c1-4-20(5-2)16-13-21-19-17(16)18(3)11-10-14-8-6-7-9-15(14)12-18/h6-9,13H,4-5,10-12H2,1-3H3. The maximum atomic E-state index is 5.35. The topological polar surface area (TPSA) is 29.3 Å². The average molecular weight is 284 g/mol. The summed E-state index contributed by atoms with van der Waals surface area (Å²) in [5.74, 6) is 0. The number of rotatable bonds is 4. The van der Waals surface area contributed by atoms with Gasteiger partial charge >= 0.3 is 0 Å². The molecule has 21 heavy (non-hydrogen) atoms. The summed E-state index contributed by atoms with van der Waals surface area (Å²) in [5, 5.41) is 4.38. The molecule has 1 aromatic carbocycles. The second kappa shape index (κ2) is 5.55. The SMILES string of the molecule is CCN(CC)c1conc1C1(C)CCc2ccccc2C1. The predicted molar refractivity (Wildman–Crippen MR) is 85.9 cm³/mol. The fourth-order valence-corrected chi connectivity index (χ4v) is 3.53. The number of nitrogens with zero attached hydrogens (tertiary/aromatic N) is 2. The van der Waals surface area contributed by atoms with Gasteiger partial charge in [-0.15, -0.1) is 0 Å². The number of benzene rings is 1. The van der Waals surface area contributed by atoms with E-state index < -0.39 is 0 Å². The summed E-state index contributed by atoms with van der Waals surface area (Å²) >= 11 is 0. The van der Waals surface area contributed by atoms with E-state index in [1.807, 2.05) is 6.26 Å². The molecule has 3 heteroatoms. The van der Waals surface area contributed by atoms with Crippen molar-refractivity contribution in [2.24, 2.45) is 0 Å². The average Bonchev–Trinajstić information content (AvgIpc) is 2.99. The Labute approximate surface area is 126 Å². The zero-order valence-corrected chi connectivity index (χ0v) is 13.2. The molecule has 0 bridgehead atoms. The summed E-state index contributed by atoms with van der Waals surface area (Å²) in [6.07, 6.45) is 5.11. The van der Waals surface area contributed by atoms with Gasteiger partial charge in [-0.2, -0.15) is 0 Å². The molecule has 0 radical (unpaired) electrons. The van der Waals surface area contributed by atoms with Crippen LogP contribution >= 0.6 is 0 Å². The second-order valence-electron chi connectivity index (χ2n) is 6.23. The van der Waals surface area contributed by atoms with Crippen molar-refractivity contribution in [2.45, 2.75) is 45.4 Å². The Balaban J connectivity index is 1.96. The van der Waals surface area contributed by atoms with Crippen LogP contribution in [-0.4, -0.2) is 18.2 Å². The lowest BCUT2D eigenvalue weighted by Crippen LogP contribution is -2.33. The fraction of sp³-hybridized carbons (Fsp3) is 0.500. The lowest BCUT2D eigenvalue weighted by Gasteiger charge is -2.35. The molecule has 3 nitrogen and oxygen atoms in total. The first-order chi connectivity index (χ1) is 10.2. The minimum atomic E-state index is 0.0687. The zero-order chi connectivity index (χ0) is 14.9. The van der Waals surface area contributed by atoms with Crippen LogP contribution < -0.4 is 4.90 Å². The van der Waals surface area contributed by atoms with Gasteiger partial charge < -0.3 is 9.42 Å². The van der Waals surface area contributed by atoms with Gasteiger partial charge in [-0.25, -0.2) is 0 Å². The van der Waals surface area contributed by atoms with Crippen molar-refractivity contribution in [3.05, 3.63) is 47.3 Å². The molecule has 1 aromatic heterocycles. The number of hydrogen-bond acceptors (Lipinski definition) is 3. The van der Waals surface area contributed by atoms with Gasteiger partial charge in [0, 0.05) is 18.5 Å². The van der Waals surface area contributed by atoms with Crippen LogP contribution in [-0.2, 0) is 18.3 Å². The molecule has 0 fully saturated rings. The molecule has 1 aliphatic rings. The largest absolute Gasteiger partial charge is 0.368 e. The first kappa shape index (κ1) is 14.2. The van der Waals surface area contributed by atoms with Crippen molar-refractivity contribution in [1.29, 1.82) is 0 Å². The van der Waals surface area contributed by atoms with Crippen LogP contribution in [0.1, 0.15) is 44.0 Å². The summed E-state index contributed by atoms with van der Waals surface area (Å²) in [6.45, 7) is 8.65. The van der Waals surface area contributed by atoms with Gasteiger partial charge in [0.15, 0.2) is 0 Å². The smallest absolute Gasteiger partial charge is 0.147 e. The lowest BCUT2D eigenvalue weighted by atomic mass is 9.70. The predicted octanol–water partition coefficient (Wildman–Crippen LogP) is 3.97. The Morgan fingerprint density at radius 1 is 1.19 bits per heavy atom. The Bertz CT molecular complexity index is 615. The summed E-state index contributed by atoms with van der Waals surface area (Å²) in [6, 6.07) is 8.78. The van der Waals surface area contributed by atoms with E-state index in [1.165, 1.54) is 16.8 Å². The summed E-state index contributed by atoms with van der Waals surface area (Å²) in [7, 11) is 0. The van der Waals surface area contributed by atoms with Gasteiger partial charge in [-0.1, -0.05) is 36.3 Å². The van der Waals surface area contributed by atoms with Gasteiger partial charge in [0.1, 0.15) is 17.6 Å². The lowest BCUT2D eigenvalue weighted by molar-refractivity contribution is 0.349. The molecule has 2 aromatic rings. The van der Waals surface area contributed by atoms with E-state index in [1.54, 1.807) is 0 Å². The molecule has 0 spiro atoms. The number of hydrogen-bond donors (Lipinski definition) is 0. The van der Waals surface area contributed by atoms with Crippen LogP contribution in [0.15, 0.2) is 35.1 Å². The fourth-order valence-electron chi connectivity index (χ4n) is 3.53. The van der Waals surface area contributed by atoms with Gasteiger partial charge in [-0.3, -0.25) is 0 Å². The molecule has 1 unspecified atom stereocenters. The summed E-state index contributed by atoms with van der Waals surface area (Å²) in [4.78, 5) is 2.33. The highest BCUT2D eigenvalue weighted by molar-refractivity contribution is 5.52. The van der Waals surface area contributed by atoms with Crippen LogP contribution in [0.2, 0.25) is 0 Å². The summed E-state index contributed by atoms with van der Waals surface area (Å²) < 4.78 is 5.35. The molecule has 0 amide bonds. The van der Waals surface area contributed by atoms with Crippen LogP contribution in [0.4, 0.5) is 5.69 Å². The normalized spacial score (nSPS) is 21.1. The number of aryl methyl sites for hydroxylation is 1. The van der Waals surface area contributed by atoms with Crippen molar-refractivity contribution >= 4 is 5.69 Å². The Kier molecular flexibility index (Phi) is 3.75. The highest BCUT2D eigenvalue weighted by Gasteiger charge is 2.36. The Morgan fingerprint density at radius 3 is 2.62 bits per heavy atom. The molecule has 0 saturated heterocycles. The van der Waals surface area contributed by atoms with E-state index >= 15 is 0 Å². The van der Waals surface area contributed by atoms with Crippen molar-refractivity contribution in [3.63, 3.8) is 0 Å². The maximum Gasteiger partial charge on any atom is 0.147 e. The quantitative estimate of drug-likeness (QED) is 0.851. The molecule has 1 heterocycles. The van der Waals surface area contributed by atoms with Crippen LogP contribution in [0.3, 0.4) is 0 Å². The van der Waals surface area contributed by atoms with E-state index in [4.69, 9.17) is 4.52 Å². The number of aromatic nitrogens is 1. The minimum Gasteiger partial charge on any atom is -0.368 e. The highest BCUT2D eigenvalue weighted by Crippen LogP contribution is 2.41. The van der Waals surface area contributed by atoms with Gasteiger partial charge in [0.05, 0.1) is 0 Å². The molecule has 112 valence electrons. The van der Waals surface area contributed by atoms with E-state index in [2.05, 4.69) is 55.1 Å². The molecular weight excluding hydrogens is 260 g/mol. The van der Waals surface area contributed by atoms with E-state index in [9.17, 15) is 0 Å². The number of fused-ring (bicyclic) bond motifs is 1. The van der Waals surface area contributed by atoms with Gasteiger partial charge in [-0.05, 0) is 44.2 Å². The third-order valence-corrected chi connectivity index (χ3v) is 4.87. The maximum absolute atomic E-state index is 5.35. The molecule has 1 atom stereocenters. The van der Waals surface area contributed by atoms with Crippen molar-refractivity contribution in [3.8, 4) is 0 Å². The molecule has 3 rings (SSSR count). The minimum absolute atomic E-state index is 0.0687. The first-order valence-corrected chi connectivity index (χ1v) is 7.94. The monoisotopic (exact) mass is 284 g/mol. The zero-order valence-electron chi connectivity index (χ0n) is 13.2. The van der Waals surface area contributed by atoms with Crippen LogP contribution in [0.25, 0.3) is 0 Å². The Hall–Kier alpha value is -1.77. The van der Waals surface area contributed by atoms with E-state index in [0.717, 1.165) is 38.0 Å². The molecule has 1 aliphatic carbocycles. The second-order valence-corrected chi connectivity index (χ2v) is 6.23. The van der Waals surface area contributed by atoms with Crippen molar-refractivity contribution in [2.75, 3.05) is 18.0 Å². The van der Waals surface area contributed by atoms with Crippen LogP contribution in [0.5, 0.6) is 0 Å². The molecule has 0 aliphatic heterocycles. The third kappa shape index (κ3) is 2.45. The molecular formula is C18H24N2O. The summed E-state index contributed by atoms with van der Waals surface area (Å²) in [5.41, 5.74) is 5.31. The van der Waals surface area contributed by atoms with Crippen molar-refractivity contribution in [1.82, 2.24) is 5.16 Å². The van der Waals surface area contributed by atoms with Gasteiger partial charge in [0.2, 0.25) is 0 Å². The van der Waals surface area contributed by atoms with Gasteiger partial charge in [0.25, 0.3) is 0 Å². The van der Waals surface area contributed by atoms with E-state index in [0.29, 0.717) is 0 Å². The first-order valence-electron chi connectivity index (χ1n) is 7.94. The Morgan fingerprint density at radius 2 is 1.90 bits per heavy atom. The molecule has 0 saturated carbocycles. The third-order valence-electron chi connectivity index (χ3n) is 4.87. The number of anilines is 1. The highest BCUT2D eigenvalue weighted by atomic mass is 16.5.